The van der Waals surface area contributed by atoms with Gasteiger partial charge in [0.05, 0.1) is 25.6 Å². The first-order chi connectivity index (χ1) is 31.0. The molecular weight excluding hydrogens is 881 g/mol. The maximum absolute atomic E-state index is 13.9. The molecule has 9 atom stereocenters. The fourth-order valence-corrected chi connectivity index (χ4v) is 6.50. The summed E-state index contributed by atoms with van der Waals surface area (Å²) < 4.78 is 0. The van der Waals surface area contributed by atoms with Crippen LogP contribution in [0.25, 0.3) is 0 Å². The van der Waals surface area contributed by atoms with Crippen molar-refractivity contribution in [2.75, 3.05) is 13.2 Å². The van der Waals surface area contributed by atoms with Crippen LogP contribution < -0.4 is 54.0 Å². The first kappa shape index (κ1) is 61.1. The third-order valence-electron chi connectivity index (χ3n) is 10.3. The number of nitrogens with one attached hydrogen (secondary N) is 8. The lowest BCUT2D eigenvalue weighted by molar-refractivity contribution is -0.143. The maximum atomic E-state index is 13.9. The van der Waals surface area contributed by atoms with Gasteiger partial charge in [-0.05, 0) is 55.3 Å². The van der Waals surface area contributed by atoms with Crippen LogP contribution in [0.3, 0.4) is 0 Å². The third kappa shape index (κ3) is 23.9. The van der Waals surface area contributed by atoms with Crippen molar-refractivity contribution in [2.24, 2.45) is 41.1 Å². The van der Waals surface area contributed by atoms with Crippen LogP contribution in [-0.4, -0.2) is 142 Å². The topological polar surface area (TPSA) is 397 Å². The summed E-state index contributed by atoms with van der Waals surface area (Å²) in [6, 6.07) is -11.0. The molecule has 24 heteroatoms. The van der Waals surface area contributed by atoms with Crippen LogP contribution in [0.5, 0.6) is 0 Å². The van der Waals surface area contributed by atoms with E-state index in [4.69, 9.17) is 11.5 Å². The van der Waals surface area contributed by atoms with E-state index in [1.54, 1.807) is 55.4 Å². The van der Waals surface area contributed by atoms with Gasteiger partial charge in [0, 0.05) is 6.42 Å². The molecule has 0 bridgehead atoms. The molecule has 0 rings (SSSR count). The van der Waals surface area contributed by atoms with Gasteiger partial charge in [-0.25, -0.2) is 4.79 Å². The molecule has 0 aromatic heterocycles. The van der Waals surface area contributed by atoms with Gasteiger partial charge in [-0.3, -0.25) is 47.9 Å². The quantitative estimate of drug-likeness (QED) is 0.0331. The standard InChI is InChI=1S/C43H76N10O14/c1-11-24(10)35(42(65)51-30(19-54)40(63)50-29(43(66)67)16-22(6)7)53-41(64)34(23(8)9)52-38(61)26(12-13-31(45)55)48-39(62)27(15-21(4)5)47-32(56)18-46-37(60)28(17-33(57)58)49-36(59)25(44)14-20(2)3/h20-30,34-35,54H,11-19,44H2,1-10H3,(H2,45,55)(H,46,60)(H,47,56)(H,48,62)(H,49,59)(H,50,63)(H,51,65)(H,52,61)(H,53,64)(H,57,58)(H,66,67)/t24-,25-,26-,27-,28-,29-,30-,34-,35-/m0/s1. The molecular formula is C43H76N10O14. The Morgan fingerprint density at radius 3 is 1.46 bits per heavy atom. The van der Waals surface area contributed by atoms with Gasteiger partial charge >= 0.3 is 11.9 Å². The number of hydrogen-bond acceptors (Lipinski definition) is 13. The summed E-state index contributed by atoms with van der Waals surface area (Å²) >= 11 is 0. The summed E-state index contributed by atoms with van der Waals surface area (Å²) in [5.74, 6) is -12.3. The highest BCUT2D eigenvalue weighted by Crippen LogP contribution is 2.13. The van der Waals surface area contributed by atoms with Crippen LogP contribution in [-0.2, 0) is 52.7 Å². The van der Waals surface area contributed by atoms with Crippen molar-refractivity contribution >= 4 is 65.1 Å². The van der Waals surface area contributed by atoms with Gasteiger partial charge in [-0.2, -0.15) is 0 Å². The van der Waals surface area contributed by atoms with E-state index < -0.39 is 151 Å². The molecule has 0 fully saturated rings. The first-order valence-electron chi connectivity index (χ1n) is 22.5. The molecule has 382 valence electrons. The minimum atomic E-state index is -1.59. The summed E-state index contributed by atoms with van der Waals surface area (Å²) in [4.78, 5) is 142. The number of amides is 9. The van der Waals surface area contributed by atoms with Crippen LogP contribution in [0.4, 0.5) is 0 Å². The van der Waals surface area contributed by atoms with Crippen LogP contribution in [0, 0.1) is 29.6 Å². The van der Waals surface area contributed by atoms with Crippen LogP contribution in [0.15, 0.2) is 0 Å². The number of carboxylic acids is 2. The Kier molecular flexibility index (Phi) is 27.7. The Hall–Kier alpha value is -5.91. The van der Waals surface area contributed by atoms with Gasteiger partial charge in [0.1, 0.15) is 42.3 Å². The van der Waals surface area contributed by atoms with Gasteiger partial charge < -0.3 is 69.3 Å². The van der Waals surface area contributed by atoms with Crippen LogP contribution in [0.2, 0.25) is 0 Å². The van der Waals surface area contributed by atoms with E-state index in [9.17, 15) is 68.1 Å². The van der Waals surface area contributed by atoms with Crippen LogP contribution >= 0.6 is 0 Å². The molecule has 0 radical (unpaired) electrons. The highest BCUT2D eigenvalue weighted by molar-refractivity contribution is 5.98. The molecule has 0 aliphatic heterocycles. The average Bonchev–Trinajstić information content (AvgIpc) is 3.21. The van der Waals surface area contributed by atoms with Gasteiger partial charge in [-0.15, -0.1) is 0 Å². The normalized spacial score (nSPS) is 15.3. The first-order valence-corrected chi connectivity index (χ1v) is 22.5. The lowest BCUT2D eigenvalue weighted by Crippen LogP contribution is -2.62. The highest BCUT2D eigenvalue weighted by atomic mass is 16.4. The molecule has 0 saturated carbocycles. The predicted molar refractivity (Wildman–Crippen MR) is 243 cm³/mol. The van der Waals surface area contributed by atoms with Crippen molar-refractivity contribution in [3.63, 3.8) is 0 Å². The Bertz CT molecular complexity index is 1730. The van der Waals surface area contributed by atoms with Gasteiger partial charge in [0.2, 0.25) is 53.2 Å². The van der Waals surface area contributed by atoms with E-state index >= 15 is 0 Å². The van der Waals surface area contributed by atoms with Crippen molar-refractivity contribution in [1.29, 1.82) is 0 Å². The lowest BCUT2D eigenvalue weighted by Gasteiger charge is -2.30. The summed E-state index contributed by atoms with van der Waals surface area (Å²) in [7, 11) is 0. The number of primary amides is 1. The lowest BCUT2D eigenvalue weighted by atomic mass is 9.96. The zero-order chi connectivity index (χ0) is 51.9. The zero-order valence-electron chi connectivity index (χ0n) is 40.4. The molecule has 0 aliphatic carbocycles. The van der Waals surface area contributed by atoms with Crippen LogP contribution in [0.1, 0.15) is 114 Å². The average molecular weight is 957 g/mol. The Balaban J connectivity index is 6.25. The molecule has 0 aliphatic rings. The van der Waals surface area contributed by atoms with E-state index in [2.05, 4.69) is 42.5 Å². The Morgan fingerprint density at radius 1 is 0.522 bits per heavy atom. The maximum Gasteiger partial charge on any atom is 0.326 e. The number of aliphatic carboxylic acids is 2. The van der Waals surface area contributed by atoms with Crippen molar-refractivity contribution in [2.45, 2.75) is 163 Å². The minimum absolute atomic E-state index is 0.00802. The van der Waals surface area contributed by atoms with Crippen molar-refractivity contribution in [3.05, 3.63) is 0 Å². The van der Waals surface area contributed by atoms with Crippen molar-refractivity contribution in [3.8, 4) is 0 Å². The number of nitrogens with two attached hydrogens (primary N) is 2. The molecule has 24 nitrogen and oxygen atoms in total. The number of aliphatic hydroxyl groups is 1. The Labute approximate surface area is 391 Å². The summed E-state index contributed by atoms with van der Waals surface area (Å²) in [6.45, 7) is 15.4. The summed E-state index contributed by atoms with van der Waals surface area (Å²) in [5.41, 5.74) is 11.2. The molecule has 0 unspecified atom stereocenters. The monoisotopic (exact) mass is 957 g/mol. The van der Waals surface area contributed by atoms with E-state index in [0.29, 0.717) is 6.42 Å². The molecule has 0 spiro atoms. The molecule has 0 saturated heterocycles. The largest absolute Gasteiger partial charge is 0.481 e. The fourth-order valence-electron chi connectivity index (χ4n) is 6.50. The number of carbonyl (C=O) groups is 11. The molecule has 15 N–H and O–H groups in total. The zero-order valence-corrected chi connectivity index (χ0v) is 40.4. The minimum Gasteiger partial charge on any atom is -0.481 e. The number of hydrogen-bond donors (Lipinski definition) is 13. The highest BCUT2D eigenvalue weighted by Gasteiger charge is 2.36. The second-order valence-electron chi connectivity index (χ2n) is 18.3. The SMILES string of the molecule is CC[C@H](C)[C@H](NC(=O)[C@@H](NC(=O)[C@H](CCC(N)=O)NC(=O)[C@H](CC(C)C)NC(=O)CNC(=O)[C@H](CC(=O)O)NC(=O)[C@@H](N)CC(C)C)C(C)C)C(=O)N[C@@H](CO)C(=O)N[C@@H](CC(C)C)C(=O)O. The third-order valence-corrected chi connectivity index (χ3v) is 10.3. The molecule has 0 heterocycles. The van der Waals surface area contributed by atoms with E-state index in [1.165, 1.54) is 0 Å². The number of carbonyl (C=O) groups excluding carboxylic acids is 9. The number of rotatable bonds is 32. The van der Waals surface area contributed by atoms with E-state index in [0.717, 1.165) is 0 Å². The number of aliphatic hydroxyl groups excluding tert-OH is 1. The van der Waals surface area contributed by atoms with Crippen molar-refractivity contribution in [1.82, 2.24) is 42.5 Å². The van der Waals surface area contributed by atoms with Crippen molar-refractivity contribution < 1.29 is 68.1 Å². The summed E-state index contributed by atoms with van der Waals surface area (Å²) in [5, 5.41) is 48.1. The van der Waals surface area contributed by atoms with E-state index in [1.807, 2.05) is 13.8 Å². The Morgan fingerprint density at radius 2 is 0.985 bits per heavy atom. The fraction of sp³-hybridized carbons (Fsp3) is 0.744. The smallest absolute Gasteiger partial charge is 0.326 e. The van der Waals surface area contributed by atoms with Gasteiger partial charge in [-0.1, -0.05) is 75.7 Å². The predicted octanol–water partition coefficient (Wildman–Crippen LogP) is -2.52. The molecule has 9 amide bonds. The van der Waals surface area contributed by atoms with Gasteiger partial charge in [0.25, 0.3) is 0 Å². The van der Waals surface area contributed by atoms with Gasteiger partial charge in [0.15, 0.2) is 0 Å². The molecule has 67 heavy (non-hydrogen) atoms. The number of carboxylic acid groups (broad SMARTS) is 2. The van der Waals surface area contributed by atoms with E-state index in [-0.39, 0.29) is 43.4 Å². The summed E-state index contributed by atoms with van der Waals surface area (Å²) in [6.07, 6.45) is -0.907. The second-order valence-corrected chi connectivity index (χ2v) is 18.3. The molecule has 0 aromatic carbocycles. The second kappa shape index (κ2) is 30.4. The molecule has 0 aromatic rings.